The predicted molar refractivity (Wildman–Crippen MR) is 338 cm³/mol. The zero-order valence-electron chi connectivity index (χ0n) is 49.6. The summed E-state index contributed by atoms with van der Waals surface area (Å²) in [4.78, 5) is 38.0. The van der Waals surface area contributed by atoms with Gasteiger partial charge in [0.1, 0.15) is 13.2 Å². The first-order chi connectivity index (χ1) is 38.5. The van der Waals surface area contributed by atoms with Crippen molar-refractivity contribution in [3.8, 4) is 0 Å². The van der Waals surface area contributed by atoms with Gasteiger partial charge in [0.05, 0.1) is 0 Å². The van der Waals surface area contributed by atoms with Gasteiger partial charge in [0.15, 0.2) is 6.10 Å². The largest absolute Gasteiger partial charge is 0.462 e. The van der Waals surface area contributed by atoms with Crippen LogP contribution in [0, 0.1) is 0 Å². The zero-order valence-corrected chi connectivity index (χ0v) is 49.6. The molecule has 0 aromatic carbocycles. The first-order valence-corrected chi connectivity index (χ1v) is 30.8. The third-order valence-corrected chi connectivity index (χ3v) is 12.2. The van der Waals surface area contributed by atoms with Crippen molar-refractivity contribution in [1.82, 2.24) is 0 Å². The first-order valence-electron chi connectivity index (χ1n) is 30.8. The summed E-state index contributed by atoms with van der Waals surface area (Å²) in [6.45, 7) is 6.29. The second-order valence-corrected chi connectivity index (χ2v) is 19.5. The molecular formula is C72H110O6. The lowest BCUT2D eigenvalue weighted by Gasteiger charge is -2.18. The van der Waals surface area contributed by atoms with Crippen molar-refractivity contribution in [2.45, 2.75) is 239 Å². The highest BCUT2D eigenvalue weighted by Gasteiger charge is 2.19. The van der Waals surface area contributed by atoms with E-state index in [0.717, 1.165) is 148 Å². The molecule has 0 aromatic rings. The summed E-state index contributed by atoms with van der Waals surface area (Å²) in [5.74, 6) is -1.01. The molecule has 0 aromatic heterocycles. The fourth-order valence-electron chi connectivity index (χ4n) is 7.61. The standard InChI is InChI=1S/C72H110O6/c1-4-7-10-13-16-19-21-23-25-27-29-30-31-32-33-34-35-36-37-38-39-40-41-42-44-45-47-49-51-53-56-59-62-65-71(74)77-68-69(67-76-70(73)64-61-58-55-18-15-12-9-6-3)78-72(75)66-63-60-57-54-52-50-48-46-43-28-26-24-22-20-17-14-11-8-5-2/h7-8,10-11,16-17,19-20,23-26,29-30,32-33,35-36,38-39,41-43,45-47,50-53,69H,4-6,9,12-15,18,21-22,27-28,31,34,37,40,44,48-49,54-68H2,1-3H3/b10-7-,11-8-,19-16-,20-17-,25-23-,26-24-,30-29-,33-32-,36-35-,39-38-,42-41-,46-43-,47-45-,52-50-,53-51-. The van der Waals surface area contributed by atoms with Gasteiger partial charge in [0.25, 0.3) is 0 Å². The van der Waals surface area contributed by atoms with Crippen molar-refractivity contribution in [3.05, 3.63) is 182 Å². The third-order valence-electron chi connectivity index (χ3n) is 12.2. The molecule has 0 radical (unpaired) electrons. The molecule has 0 heterocycles. The second-order valence-electron chi connectivity index (χ2n) is 19.5. The number of hydrogen-bond acceptors (Lipinski definition) is 6. The normalized spacial score (nSPS) is 13.4. The summed E-state index contributed by atoms with van der Waals surface area (Å²) < 4.78 is 16.7. The van der Waals surface area contributed by atoms with Crippen molar-refractivity contribution in [3.63, 3.8) is 0 Å². The lowest BCUT2D eigenvalue weighted by atomic mass is 10.1. The Labute approximate surface area is 478 Å². The van der Waals surface area contributed by atoms with Crippen LogP contribution in [-0.2, 0) is 28.6 Å². The Morgan fingerprint density at radius 3 is 0.808 bits per heavy atom. The number of hydrogen-bond donors (Lipinski definition) is 0. The quantitative estimate of drug-likeness (QED) is 0.0261. The molecule has 0 N–H and O–H groups in total. The summed E-state index contributed by atoms with van der Waals surface area (Å²) in [5.41, 5.74) is 0. The van der Waals surface area contributed by atoms with Crippen molar-refractivity contribution in [2.24, 2.45) is 0 Å². The maximum Gasteiger partial charge on any atom is 0.306 e. The van der Waals surface area contributed by atoms with Crippen LogP contribution >= 0.6 is 0 Å². The van der Waals surface area contributed by atoms with E-state index in [2.05, 4.69) is 203 Å². The topological polar surface area (TPSA) is 78.9 Å². The van der Waals surface area contributed by atoms with Crippen LogP contribution in [0.2, 0.25) is 0 Å². The molecule has 0 spiro atoms. The molecule has 6 heteroatoms. The Morgan fingerprint density at radius 1 is 0.269 bits per heavy atom. The molecule has 0 fully saturated rings. The Bertz CT molecular complexity index is 1850. The van der Waals surface area contributed by atoms with Gasteiger partial charge >= 0.3 is 17.9 Å². The van der Waals surface area contributed by atoms with Gasteiger partial charge in [-0.15, -0.1) is 0 Å². The molecule has 0 bridgehead atoms. The third kappa shape index (κ3) is 61.4. The van der Waals surface area contributed by atoms with Crippen molar-refractivity contribution in [1.29, 1.82) is 0 Å². The highest BCUT2D eigenvalue weighted by Crippen LogP contribution is 2.12. The summed E-state index contributed by atoms with van der Waals surface area (Å²) >= 11 is 0. The van der Waals surface area contributed by atoms with E-state index < -0.39 is 6.10 Å². The van der Waals surface area contributed by atoms with Gasteiger partial charge in [-0.3, -0.25) is 14.4 Å². The van der Waals surface area contributed by atoms with Crippen LogP contribution in [0.4, 0.5) is 0 Å². The second kappa shape index (κ2) is 64.0. The molecular weight excluding hydrogens is 961 g/mol. The minimum atomic E-state index is -0.821. The van der Waals surface area contributed by atoms with E-state index in [1.165, 1.54) is 32.1 Å². The van der Waals surface area contributed by atoms with Gasteiger partial charge in [-0.05, 0) is 141 Å². The number of unbranched alkanes of at least 4 members (excludes halogenated alkanes) is 12. The van der Waals surface area contributed by atoms with E-state index in [1.54, 1.807) is 0 Å². The average molecular weight is 1070 g/mol. The van der Waals surface area contributed by atoms with Gasteiger partial charge in [-0.1, -0.05) is 254 Å². The summed E-state index contributed by atoms with van der Waals surface area (Å²) in [6.07, 6.45) is 96.3. The van der Waals surface area contributed by atoms with E-state index in [-0.39, 0.29) is 44.0 Å². The SMILES string of the molecule is CC/C=C\C/C=C\C/C=C\C/C=C\C/C=C\C/C=C\C/C=C\C/C=C\C/C=C\C/C=C\CCCCC(=O)OCC(COC(=O)CCCCCCCCCC)OC(=O)CCCCC/C=C\C/C=C\C/C=C\C/C=C\C/C=C\CC. The number of carbonyl (C=O) groups is 3. The first kappa shape index (κ1) is 72.5. The number of ether oxygens (including phenoxy) is 3. The molecule has 1 unspecified atom stereocenters. The predicted octanol–water partition coefficient (Wildman–Crippen LogP) is 21.3. The molecule has 0 rings (SSSR count). The van der Waals surface area contributed by atoms with Crippen LogP contribution in [0.25, 0.3) is 0 Å². The van der Waals surface area contributed by atoms with Gasteiger partial charge in [0.2, 0.25) is 0 Å². The van der Waals surface area contributed by atoms with Crippen LogP contribution in [0.15, 0.2) is 182 Å². The van der Waals surface area contributed by atoms with E-state index >= 15 is 0 Å². The number of carbonyl (C=O) groups excluding carboxylic acids is 3. The molecule has 0 amide bonds. The van der Waals surface area contributed by atoms with Crippen molar-refractivity contribution < 1.29 is 28.6 Å². The highest BCUT2D eigenvalue weighted by molar-refractivity contribution is 5.71. The van der Waals surface area contributed by atoms with E-state index in [9.17, 15) is 14.4 Å². The lowest BCUT2D eigenvalue weighted by molar-refractivity contribution is -0.167. The number of allylic oxidation sites excluding steroid dienone is 30. The average Bonchev–Trinajstić information content (AvgIpc) is 3.44. The molecule has 6 nitrogen and oxygen atoms in total. The van der Waals surface area contributed by atoms with Crippen LogP contribution in [0.3, 0.4) is 0 Å². The molecule has 78 heavy (non-hydrogen) atoms. The molecule has 1 atom stereocenters. The van der Waals surface area contributed by atoms with Gasteiger partial charge in [-0.25, -0.2) is 0 Å². The highest BCUT2D eigenvalue weighted by atomic mass is 16.6. The summed E-state index contributed by atoms with van der Waals surface area (Å²) in [6, 6.07) is 0. The van der Waals surface area contributed by atoms with Crippen molar-refractivity contribution >= 4 is 17.9 Å². The van der Waals surface area contributed by atoms with Crippen molar-refractivity contribution in [2.75, 3.05) is 13.2 Å². The number of rotatable bonds is 53. The molecule has 0 saturated heterocycles. The van der Waals surface area contributed by atoms with Gasteiger partial charge < -0.3 is 14.2 Å². The van der Waals surface area contributed by atoms with Crippen LogP contribution in [0.1, 0.15) is 233 Å². The molecule has 0 aliphatic carbocycles. The smallest absolute Gasteiger partial charge is 0.306 e. The molecule has 0 saturated carbocycles. The Balaban J connectivity index is 4.36. The summed E-state index contributed by atoms with van der Waals surface area (Å²) in [7, 11) is 0. The van der Waals surface area contributed by atoms with Gasteiger partial charge in [-0.2, -0.15) is 0 Å². The molecule has 0 aliphatic heterocycles. The van der Waals surface area contributed by atoms with Crippen LogP contribution < -0.4 is 0 Å². The summed E-state index contributed by atoms with van der Waals surface area (Å²) in [5, 5.41) is 0. The fraction of sp³-hybridized carbons (Fsp3) is 0.542. The minimum absolute atomic E-state index is 0.113. The van der Waals surface area contributed by atoms with E-state index in [4.69, 9.17) is 14.2 Å². The van der Waals surface area contributed by atoms with Crippen LogP contribution in [0.5, 0.6) is 0 Å². The zero-order chi connectivity index (χ0) is 56.4. The van der Waals surface area contributed by atoms with E-state index in [1.807, 2.05) is 0 Å². The Kier molecular flexibility index (Phi) is 59.5. The maximum atomic E-state index is 12.8. The lowest BCUT2D eigenvalue weighted by Crippen LogP contribution is -2.30. The van der Waals surface area contributed by atoms with Gasteiger partial charge in [0, 0.05) is 19.3 Å². The Hall–Kier alpha value is -5.49. The van der Waals surface area contributed by atoms with Crippen LogP contribution in [-0.4, -0.2) is 37.2 Å². The van der Waals surface area contributed by atoms with E-state index in [0.29, 0.717) is 19.3 Å². The minimum Gasteiger partial charge on any atom is -0.462 e. The Morgan fingerprint density at radius 2 is 0.500 bits per heavy atom. The maximum absolute atomic E-state index is 12.8. The number of esters is 3. The molecule has 0 aliphatic rings. The fourth-order valence-corrected chi connectivity index (χ4v) is 7.61. The molecule has 434 valence electrons. The monoisotopic (exact) mass is 1070 g/mol.